The number of hydrogen-bond acceptors (Lipinski definition) is 10. The molecule has 1 aliphatic rings. The molecule has 1 fully saturated rings. The summed E-state index contributed by atoms with van der Waals surface area (Å²) in [4.78, 5) is 41.6. The Kier molecular flexibility index (Phi) is 10.2. The molecule has 1 aromatic carbocycles. The van der Waals surface area contributed by atoms with Crippen LogP contribution in [-0.2, 0) is 41.2 Å². The van der Waals surface area contributed by atoms with E-state index < -0.39 is 56.2 Å². The van der Waals surface area contributed by atoms with Gasteiger partial charge in [-0.25, -0.2) is 9.88 Å². The Morgan fingerprint density at radius 3 is 2.64 bits per heavy atom. The molecule has 15 heteroatoms. The van der Waals surface area contributed by atoms with Crippen LogP contribution in [0, 0.1) is 20.8 Å². The van der Waals surface area contributed by atoms with Crippen molar-refractivity contribution >= 4 is 40.7 Å². The molecule has 11 nitrogen and oxygen atoms in total. The maximum atomic E-state index is 15.0. The van der Waals surface area contributed by atoms with E-state index in [9.17, 15) is 32.8 Å². The van der Waals surface area contributed by atoms with Crippen molar-refractivity contribution in [3.8, 4) is 0 Å². The third-order valence-corrected chi connectivity index (χ3v) is 10.4. The molecule has 3 heterocycles. The monoisotopic (exact) mass is 655 g/mol. The van der Waals surface area contributed by atoms with Crippen molar-refractivity contribution in [2.24, 2.45) is 0 Å². The van der Waals surface area contributed by atoms with E-state index in [1.165, 1.54) is 47.7 Å². The lowest BCUT2D eigenvalue weighted by atomic mass is 10.0. The number of thiophene rings is 1. The standard InChI is InChI=1S/C29H36F2N3O8PS/c1-7-22(35)18(5)33-43(6,39)41-14-23-26(37)29(30,31)27(42-23)34-9-8-20(32-28(34)38)12-24(36)40-13-21-11-19-10-15(2)16(3)17(4)25(19)44-21/h8-11,18,23,26-27,37H,7,12-14H2,1-6H3,(H,33,39)/t18-,23+,26+,27+,43?/m0/s1. The molecule has 1 unspecified atom stereocenters. The average Bonchev–Trinajstić information content (AvgIpc) is 3.46. The molecule has 0 amide bonds. The van der Waals surface area contributed by atoms with Crippen molar-refractivity contribution < 1.29 is 42.0 Å². The van der Waals surface area contributed by atoms with Gasteiger partial charge in [0, 0.05) is 28.9 Å². The van der Waals surface area contributed by atoms with E-state index in [0.29, 0.717) is 4.57 Å². The van der Waals surface area contributed by atoms with Gasteiger partial charge in [0.2, 0.25) is 6.23 Å². The SMILES string of the molecule is CCC(=O)[C@H](C)NP(C)(=O)OC[C@H]1O[C@@H](n2ccc(CC(=O)OCc3cc4cc(C)c(C)c(C)c4s3)nc2=O)C(F)(F)[C@@H]1O. The van der Waals surface area contributed by atoms with E-state index in [2.05, 4.69) is 23.1 Å². The number of carbonyl (C=O) groups excluding carboxylic acids is 2. The lowest BCUT2D eigenvalue weighted by Crippen LogP contribution is -2.42. The van der Waals surface area contributed by atoms with Crippen LogP contribution in [0.3, 0.4) is 0 Å². The average molecular weight is 656 g/mol. The highest BCUT2D eigenvalue weighted by Gasteiger charge is 2.60. The predicted molar refractivity (Wildman–Crippen MR) is 160 cm³/mol. The fraction of sp³-hybridized carbons (Fsp3) is 0.517. The number of fused-ring (bicyclic) bond motifs is 1. The number of nitrogens with zero attached hydrogens (tertiary/aromatic N) is 2. The highest BCUT2D eigenvalue weighted by Crippen LogP contribution is 2.45. The summed E-state index contributed by atoms with van der Waals surface area (Å²) < 4.78 is 60.2. The molecule has 1 saturated heterocycles. The number of hydrogen-bond donors (Lipinski definition) is 2. The Morgan fingerprint density at radius 2 is 1.98 bits per heavy atom. The van der Waals surface area contributed by atoms with Crippen molar-refractivity contribution in [2.75, 3.05) is 13.3 Å². The number of ketones is 1. The maximum absolute atomic E-state index is 15.0. The normalized spacial score (nSPS) is 21.7. The second-order valence-electron chi connectivity index (χ2n) is 11.0. The minimum atomic E-state index is -3.93. The number of aliphatic hydroxyl groups is 1. The summed E-state index contributed by atoms with van der Waals surface area (Å²) in [6.07, 6.45) is -5.45. The van der Waals surface area contributed by atoms with Gasteiger partial charge in [-0.2, -0.15) is 13.8 Å². The number of esters is 1. The smallest absolute Gasteiger partial charge is 0.350 e. The first kappa shape index (κ1) is 34.0. The molecule has 1 aliphatic heterocycles. The fourth-order valence-corrected chi connectivity index (χ4v) is 7.36. The van der Waals surface area contributed by atoms with Gasteiger partial charge in [-0.3, -0.25) is 18.7 Å². The molecule has 0 spiro atoms. The number of benzene rings is 1. The number of carbonyl (C=O) groups is 2. The summed E-state index contributed by atoms with van der Waals surface area (Å²) in [6.45, 7) is 9.78. The highest BCUT2D eigenvalue weighted by molar-refractivity contribution is 7.56. The van der Waals surface area contributed by atoms with Gasteiger partial charge in [0.15, 0.2) is 6.10 Å². The number of Topliss-reactive ketones (excluding diaryl/α,β-unsaturated/α-hetero) is 1. The number of aromatic nitrogens is 2. The first-order valence-corrected chi connectivity index (χ1v) is 16.9. The van der Waals surface area contributed by atoms with Gasteiger partial charge in [-0.1, -0.05) is 13.0 Å². The van der Waals surface area contributed by atoms with Gasteiger partial charge in [-0.15, -0.1) is 11.3 Å². The van der Waals surface area contributed by atoms with Crippen LogP contribution in [0.1, 0.15) is 53.8 Å². The molecule has 0 bridgehead atoms. The Labute approximate surface area is 257 Å². The molecule has 3 aromatic rings. The molecule has 2 N–H and O–H groups in total. The maximum Gasteiger partial charge on any atom is 0.350 e. The van der Waals surface area contributed by atoms with Crippen molar-refractivity contribution in [3.63, 3.8) is 0 Å². The summed E-state index contributed by atoms with van der Waals surface area (Å²) in [5.41, 5.74) is 2.43. The Morgan fingerprint density at radius 1 is 1.27 bits per heavy atom. The van der Waals surface area contributed by atoms with E-state index in [-0.39, 0.29) is 30.9 Å². The zero-order valence-electron chi connectivity index (χ0n) is 25.3. The van der Waals surface area contributed by atoms with Crippen LogP contribution in [-0.4, -0.2) is 63.9 Å². The van der Waals surface area contributed by atoms with E-state index in [4.69, 9.17) is 14.0 Å². The molecular formula is C29H36F2N3O8PS. The minimum absolute atomic E-state index is 0.00479. The molecule has 240 valence electrons. The zero-order chi connectivity index (χ0) is 32.6. The van der Waals surface area contributed by atoms with Crippen LogP contribution in [0.2, 0.25) is 0 Å². The number of alkyl halides is 2. The van der Waals surface area contributed by atoms with Gasteiger partial charge in [0.25, 0.3) is 7.52 Å². The molecule has 0 radical (unpaired) electrons. The molecule has 5 atom stereocenters. The second-order valence-corrected chi connectivity index (χ2v) is 14.3. The highest BCUT2D eigenvalue weighted by atomic mass is 32.1. The van der Waals surface area contributed by atoms with Crippen LogP contribution in [0.4, 0.5) is 8.78 Å². The summed E-state index contributed by atoms with van der Waals surface area (Å²) in [5, 5.41) is 13.8. The zero-order valence-corrected chi connectivity index (χ0v) is 27.0. The molecule has 4 rings (SSSR count). The lowest BCUT2D eigenvalue weighted by Gasteiger charge is -2.22. The minimum Gasteiger partial charge on any atom is -0.460 e. The Bertz CT molecular complexity index is 1680. The number of rotatable bonds is 12. The van der Waals surface area contributed by atoms with Gasteiger partial charge in [0.1, 0.15) is 18.5 Å². The molecule has 44 heavy (non-hydrogen) atoms. The molecule has 0 aliphatic carbocycles. The van der Waals surface area contributed by atoms with Crippen LogP contribution < -0.4 is 10.8 Å². The van der Waals surface area contributed by atoms with Gasteiger partial charge in [-0.05, 0) is 61.9 Å². The van der Waals surface area contributed by atoms with E-state index in [1.807, 2.05) is 19.9 Å². The summed E-state index contributed by atoms with van der Waals surface area (Å²) in [7, 11) is -3.63. The Balaban J connectivity index is 1.37. The van der Waals surface area contributed by atoms with Gasteiger partial charge in [0.05, 0.1) is 24.8 Å². The van der Waals surface area contributed by atoms with Gasteiger partial charge >= 0.3 is 17.6 Å². The summed E-state index contributed by atoms with van der Waals surface area (Å²) >= 11 is 1.53. The van der Waals surface area contributed by atoms with E-state index in [0.717, 1.165) is 21.2 Å². The second kappa shape index (κ2) is 13.2. The third kappa shape index (κ3) is 7.32. The fourth-order valence-electron chi connectivity index (χ4n) is 4.90. The van der Waals surface area contributed by atoms with Crippen LogP contribution in [0.15, 0.2) is 29.2 Å². The molecule has 2 aromatic heterocycles. The van der Waals surface area contributed by atoms with Crippen LogP contribution in [0.5, 0.6) is 0 Å². The summed E-state index contributed by atoms with van der Waals surface area (Å²) in [5.74, 6) is -4.81. The first-order chi connectivity index (χ1) is 20.5. The van der Waals surface area contributed by atoms with Crippen LogP contribution >= 0.6 is 18.9 Å². The quantitative estimate of drug-likeness (QED) is 0.213. The van der Waals surface area contributed by atoms with Crippen molar-refractivity contribution in [2.45, 2.75) is 84.5 Å². The number of halogens is 2. The number of aryl methyl sites for hydroxylation is 2. The van der Waals surface area contributed by atoms with E-state index in [1.54, 1.807) is 6.92 Å². The summed E-state index contributed by atoms with van der Waals surface area (Å²) in [6, 6.07) is 4.46. The van der Waals surface area contributed by atoms with Crippen molar-refractivity contribution in [3.05, 3.63) is 62.1 Å². The number of nitrogens with one attached hydrogen (secondary N) is 1. The Hall–Kier alpha value is -2.87. The predicted octanol–water partition coefficient (Wildman–Crippen LogP) is 4.36. The number of ether oxygens (including phenoxy) is 2. The molecule has 0 saturated carbocycles. The van der Waals surface area contributed by atoms with E-state index >= 15 is 0 Å². The lowest BCUT2D eigenvalue weighted by molar-refractivity contribution is -0.144. The molecular weight excluding hydrogens is 619 g/mol. The first-order valence-electron chi connectivity index (χ1n) is 14.0. The topological polar surface area (TPSA) is 146 Å². The van der Waals surface area contributed by atoms with Crippen molar-refractivity contribution in [1.82, 2.24) is 14.6 Å². The largest absolute Gasteiger partial charge is 0.460 e. The number of aliphatic hydroxyl groups excluding tert-OH is 1. The van der Waals surface area contributed by atoms with Crippen LogP contribution in [0.25, 0.3) is 10.1 Å². The van der Waals surface area contributed by atoms with Crippen molar-refractivity contribution in [1.29, 1.82) is 0 Å². The third-order valence-electron chi connectivity index (χ3n) is 7.64. The van der Waals surface area contributed by atoms with Gasteiger partial charge < -0.3 is 19.1 Å².